The van der Waals surface area contributed by atoms with Crippen molar-refractivity contribution in [1.29, 1.82) is 0 Å². The molecule has 0 N–H and O–H groups in total. The number of likely N-dealkylation sites (tertiary alicyclic amines) is 1. The van der Waals surface area contributed by atoms with Crippen molar-refractivity contribution in [2.75, 3.05) is 13.6 Å². The smallest absolute Gasteiger partial charge is 0.219 e. The number of rotatable bonds is 2. The van der Waals surface area contributed by atoms with Crippen molar-refractivity contribution in [3.63, 3.8) is 0 Å². The monoisotopic (exact) mass is 306 g/mol. The van der Waals surface area contributed by atoms with Crippen molar-refractivity contribution in [2.24, 2.45) is 0 Å². The van der Waals surface area contributed by atoms with Gasteiger partial charge in [0.1, 0.15) is 0 Å². The Bertz CT molecular complexity index is 389. The summed E-state index contributed by atoms with van der Waals surface area (Å²) in [7, 11) is 1.84. The van der Waals surface area contributed by atoms with Crippen LogP contribution in [0.25, 0.3) is 0 Å². The van der Waals surface area contributed by atoms with Crippen LogP contribution in [0.3, 0.4) is 0 Å². The van der Waals surface area contributed by atoms with Gasteiger partial charge >= 0.3 is 0 Å². The van der Waals surface area contributed by atoms with Gasteiger partial charge in [-0.05, 0) is 12.3 Å². The van der Waals surface area contributed by atoms with E-state index >= 15 is 0 Å². The maximum Gasteiger partial charge on any atom is 0.219 e. The quantitative estimate of drug-likeness (QED) is 0.783. The summed E-state index contributed by atoms with van der Waals surface area (Å²) in [5, 5.41) is 0. The van der Waals surface area contributed by atoms with Crippen molar-refractivity contribution in [1.82, 2.24) is 9.88 Å². The molecule has 4 heteroatoms. The van der Waals surface area contributed by atoms with Gasteiger partial charge in [0.05, 0.1) is 0 Å². The fraction of sp³-hybridized carbons (Fsp3) is 0.538. The number of nitrogens with zero attached hydrogens (tertiary/aromatic N) is 2. The van der Waals surface area contributed by atoms with Gasteiger partial charge in [0.25, 0.3) is 0 Å². The summed E-state index contributed by atoms with van der Waals surface area (Å²) in [6, 6.07) is 5.09. The predicted octanol–water partition coefficient (Wildman–Crippen LogP) is 1.95. The Labute approximate surface area is 128 Å². The topological polar surface area (TPSA) is 33.2 Å². The first-order chi connectivity index (χ1) is 7.59. The van der Waals surface area contributed by atoms with Crippen molar-refractivity contribution in [2.45, 2.75) is 32.1 Å². The molecule has 1 saturated heterocycles. The van der Waals surface area contributed by atoms with E-state index in [1.54, 1.807) is 4.90 Å². The van der Waals surface area contributed by atoms with Crippen LogP contribution in [0.2, 0.25) is 0 Å². The molecule has 89 valence electrons. The zero-order valence-corrected chi connectivity index (χ0v) is 13.4. The molecule has 0 aliphatic carbocycles. The van der Waals surface area contributed by atoms with Crippen molar-refractivity contribution >= 4 is 5.91 Å². The van der Waals surface area contributed by atoms with Crippen LogP contribution in [0.4, 0.5) is 0 Å². The van der Waals surface area contributed by atoms with E-state index in [0.717, 1.165) is 24.2 Å². The number of likely N-dealkylation sites (N-methyl/N-ethyl adjacent to an activating group) is 1. The number of hydrogen-bond donors (Lipinski definition) is 0. The maximum absolute atomic E-state index is 11.8. The summed E-state index contributed by atoms with van der Waals surface area (Å²) in [6.07, 6.45) is 2.71. The first kappa shape index (κ1) is 14.8. The number of aromatic nitrogens is 1. The van der Waals surface area contributed by atoms with Gasteiger partial charge in [0.15, 0.2) is 0 Å². The molecule has 1 aliphatic rings. The molecule has 17 heavy (non-hydrogen) atoms. The van der Waals surface area contributed by atoms with Crippen molar-refractivity contribution in [3.05, 3.63) is 29.6 Å². The number of pyridine rings is 1. The number of amides is 1. The second kappa shape index (κ2) is 6.06. The first-order valence-electron chi connectivity index (χ1n) is 5.72. The van der Waals surface area contributed by atoms with E-state index in [-0.39, 0.29) is 44.5 Å². The molecule has 1 aliphatic heterocycles. The molecule has 0 aromatic carbocycles. The van der Waals surface area contributed by atoms with Gasteiger partial charge in [-0.2, -0.15) is 12.1 Å². The maximum atomic E-state index is 11.8. The molecule has 0 bridgehead atoms. The summed E-state index contributed by atoms with van der Waals surface area (Å²) in [4.78, 5) is 18.0. The first-order valence-corrected chi connectivity index (χ1v) is 5.72. The third kappa shape index (κ3) is 3.14. The van der Waals surface area contributed by atoms with E-state index in [9.17, 15) is 4.79 Å². The number of carbonyl (C=O) groups excluding carboxylic acids is 1. The second-order valence-corrected chi connectivity index (χ2v) is 4.68. The molecule has 0 saturated carbocycles. The van der Waals surface area contributed by atoms with Crippen LogP contribution < -0.4 is 0 Å². The van der Waals surface area contributed by atoms with Crippen LogP contribution in [0, 0.1) is 6.07 Å². The SMILES string of the molecule is CC(C)c1[c-]cc(C2CCN(C)C2=O)nc1.[Y]. The Hall–Kier alpha value is -0.276. The average molecular weight is 306 g/mol. The van der Waals surface area contributed by atoms with Crippen LogP contribution in [0.1, 0.15) is 43.4 Å². The van der Waals surface area contributed by atoms with E-state index in [4.69, 9.17) is 0 Å². The van der Waals surface area contributed by atoms with Crippen LogP contribution >= 0.6 is 0 Å². The number of carbonyl (C=O) groups is 1. The summed E-state index contributed by atoms with van der Waals surface area (Å²) in [5.41, 5.74) is 1.96. The van der Waals surface area contributed by atoms with E-state index in [2.05, 4.69) is 24.9 Å². The minimum Gasteiger partial charge on any atom is -0.387 e. The standard InChI is InChI=1S/C13H17N2O.Y/c1-9(2)10-4-5-12(14-8-10)11-6-7-15(3)13(11)16;/h5,8-9,11H,6-7H2,1-3H3;/q-1;. The molecule has 2 heterocycles. The average Bonchev–Trinajstić information content (AvgIpc) is 2.60. The zero-order valence-electron chi connectivity index (χ0n) is 10.6. The molecule has 1 aromatic rings. The molecule has 2 rings (SSSR count). The molecular weight excluding hydrogens is 289 g/mol. The summed E-state index contributed by atoms with van der Waals surface area (Å²) in [5.74, 6) is 0.559. The Morgan fingerprint density at radius 1 is 1.53 bits per heavy atom. The molecule has 1 unspecified atom stereocenters. The molecule has 0 spiro atoms. The van der Waals surface area contributed by atoms with Gasteiger partial charge in [0.2, 0.25) is 5.91 Å². The van der Waals surface area contributed by atoms with Crippen molar-refractivity contribution < 1.29 is 37.5 Å². The minimum atomic E-state index is -0.0533. The Morgan fingerprint density at radius 3 is 2.65 bits per heavy atom. The molecule has 1 aromatic heterocycles. The Balaban J connectivity index is 0.00000144. The third-order valence-corrected chi connectivity index (χ3v) is 3.15. The molecule has 1 amide bonds. The molecule has 1 fully saturated rings. The zero-order chi connectivity index (χ0) is 11.7. The molecule has 3 nitrogen and oxygen atoms in total. The van der Waals surface area contributed by atoms with Gasteiger partial charge in [-0.3, -0.25) is 4.79 Å². The largest absolute Gasteiger partial charge is 0.387 e. The molecule has 1 radical (unpaired) electrons. The van der Waals surface area contributed by atoms with Crippen LogP contribution in [0.15, 0.2) is 12.3 Å². The molecule has 1 atom stereocenters. The van der Waals surface area contributed by atoms with Gasteiger partial charge in [-0.15, -0.1) is 5.56 Å². The minimum absolute atomic E-state index is 0. The van der Waals surface area contributed by atoms with E-state index in [1.807, 2.05) is 19.3 Å². The fourth-order valence-corrected chi connectivity index (χ4v) is 1.98. The summed E-state index contributed by atoms with van der Waals surface area (Å²) in [6.45, 7) is 5.06. The van der Waals surface area contributed by atoms with Gasteiger partial charge in [-0.25, -0.2) is 0 Å². The Kier molecular flexibility index (Phi) is 5.27. The predicted molar refractivity (Wildman–Crippen MR) is 62.2 cm³/mol. The van der Waals surface area contributed by atoms with E-state index in [0.29, 0.717) is 5.92 Å². The Morgan fingerprint density at radius 2 is 2.24 bits per heavy atom. The summed E-state index contributed by atoms with van der Waals surface area (Å²) >= 11 is 0. The van der Waals surface area contributed by atoms with Crippen molar-refractivity contribution in [3.8, 4) is 0 Å². The van der Waals surface area contributed by atoms with Gasteiger partial charge < -0.3 is 9.88 Å². The van der Waals surface area contributed by atoms with Gasteiger partial charge in [-0.1, -0.05) is 25.7 Å². The van der Waals surface area contributed by atoms with Crippen LogP contribution in [0.5, 0.6) is 0 Å². The second-order valence-electron chi connectivity index (χ2n) is 4.68. The fourth-order valence-electron chi connectivity index (χ4n) is 1.98. The third-order valence-electron chi connectivity index (χ3n) is 3.15. The van der Waals surface area contributed by atoms with Gasteiger partial charge in [0, 0.05) is 52.2 Å². The van der Waals surface area contributed by atoms with E-state index < -0.39 is 0 Å². The van der Waals surface area contributed by atoms with Crippen LogP contribution in [-0.2, 0) is 37.5 Å². The normalized spacial score (nSPS) is 19.6. The van der Waals surface area contributed by atoms with E-state index in [1.165, 1.54) is 0 Å². The van der Waals surface area contributed by atoms with Crippen LogP contribution in [-0.4, -0.2) is 29.4 Å². The summed E-state index contributed by atoms with van der Waals surface area (Å²) < 4.78 is 0. The molecular formula is C13H17N2OY-. The number of hydrogen-bond acceptors (Lipinski definition) is 2.